The van der Waals surface area contributed by atoms with Gasteiger partial charge in [-0.2, -0.15) is 0 Å². The summed E-state index contributed by atoms with van der Waals surface area (Å²) in [5, 5.41) is 15.1. The predicted octanol–water partition coefficient (Wildman–Crippen LogP) is 2.76. The zero-order chi connectivity index (χ0) is 16.9. The number of phenols is 1. The number of carbonyl (C=O) groups is 2. The highest BCUT2D eigenvalue weighted by Crippen LogP contribution is 2.23. The first-order valence-electron chi connectivity index (χ1n) is 7.75. The first-order chi connectivity index (χ1) is 11.6. The van der Waals surface area contributed by atoms with E-state index < -0.39 is 6.10 Å². The van der Waals surface area contributed by atoms with Crippen molar-refractivity contribution in [2.45, 2.75) is 18.9 Å². The number of para-hydroxylation sites is 2. The topological polar surface area (TPSA) is 87.7 Å². The van der Waals surface area contributed by atoms with Gasteiger partial charge in [-0.1, -0.05) is 18.2 Å². The molecule has 6 heteroatoms. The van der Waals surface area contributed by atoms with E-state index in [1.807, 2.05) is 0 Å². The minimum atomic E-state index is -0.427. The molecule has 124 valence electrons. The Labute approximate surface area is 139 Å². The Kier molecular flexibility index (Phi) is 4.77. The highest BCUT2D eigenvalue weighted by atomic mass is 16.5. The second-order valence-corrected chi connectivity index (χ2v) is 5.54. The normalized spacial score (nSPS) is 16.6. The van der Waals surface area contributed by atoms with Crippen LogP contribution in [0, 0.1) is 0 Å². The molecule has 2 aromatic carbocycles. The van der Waals surface area contributed by atoms with Crippen molar-refractivity contribution in [2.75, 3.05) is 17.2 Å². The Bertz CT molecular complexity index is 754. The fraction of sp³-hybridized carbons (Fsp3) is 0.222. The van der Waals surface area contributed by atoms with Crippen LogP contribution in [-0.4, -0.2) is 29.6 Å². The van der Waals surface area contributed by atoms with Gasteiger partial charge in [-0.15, -0.1) is 0 Å². The number of amides is 2. The van der Waals surface area contributed by atoms with Gasteiger partial charge in [0.25, 0.3) is 11.8 Å². The van der Waals surface area contributed by atoms with Crippen LogP contribution < -0.4 is 10.6 Å². The number of aromatic hydroxyl groups is 1. The van der Waals surface area contributed by atoms with E-state index in [4.69, 9.17) is 4.74 Å². The van der Waals surface area contributed by atoms with Crippen LogP contribution >= 0.6 is 0 Å². The van der Waals surface area contributed by atoms with E-state index in [2.05, 4.69) is 10.6 Å². The Hall–Kier alpha value is -2.86. The van der Waals surface area contributed by atoms with E-state index in [0.717, 1.165) is 6.42 Å². The quantitative estimate of drug-likeness (QED) is 0.754. The SMILES string of the molecule is O=C(Nc1ccccc1O)c1cccc(NC(=O)C2CCCO2)c1. The first-order valence-corrected chi connectivity index (χ1v) is 7.75. The van der Waals surface area contributed by atoms with Gasteiger partial charge in [-0.3, -0.25) is 9.59 Å². The summed E-state index contributed by atoms with van der Waals surface area (Å²) in [6.45, 7) is 0.598. The first kappa shape index (κ1) is 16.0. The second-order valence-electron chi connectivity index (χ2n) is 5.54. The molecule has 0 radical (unpaired) electrons. The van der Waals surface area contributed by atoms with Gasteiger partial charge in [0.05, 0.1) is 5.69 Å². The summed E-state index contributed by atoms with van der Waals surface area (Å²) in [5.74, 6) is -0.579. The molecule has 2 aromatic rings. The zero-order valence-corrected chi connectivity index (χ0v) is 13.0. The number of anilines is 2. The number of ether oxygens (including phenoxy) is 1. The Morgan fingerprint density at radius 2 is 1.92 bits per heavy atom. The molecule has 1 aliphatic heterocycles. The van der Waals surface area contributed by atoms with Crippen molar-refractivity contribution in [1.29, 1.82) is 0 Å². The second kappa shape index (κ2) is 7.14. The van der Waals surface area contributed by atoms with Crippen molar-refractivity contribution in [3.05, 3.63) is 54.1 Å². The van der Waals surface area contributed by atoms with Crippen molar-refractivity contribution in [3.63, 3.8) is 0 Å². The van der Waals surface area contributed by atoms with Gasteiger partial charge < -0.3 is 20.5 Å². The zero-order valence-electron chi connectivity index (χ0n) is 13.0. The molecule has 1 atom stereocenters. The highest BCUT2D eigenvalue weighted by Gasteiger charge is 2.23. The van der Waals surface area contributed by atoms with Gasteiger partial charge in [0.15, 0.2) is 0 Å². The fourth-order valence-corrected chi connectivity index (χ4v) is 2.52. The van der Waals surface area contributed by atoms with Crippen LogP contribution in [0.1, 0.15) is 23.2 Å². The number of benzene rings is 2. The van der Waals surface area contributed by atoms with Crippen LogP contribution in [-0.2, 0) is 9.53 Å². The van der Waals surface area contributed by atoms with Gasteiger partial charge in [0, 0.05) is 17.9 Å². The van der Waals surface area contributed by atoms with Gasteiger partial charge >= 0.3 is 0 Å². The number of carbonyl (C=O) groups excluding carboxylic acids is 2. The van der Waals surface area contributed by atoms with Crippen LogP contribution in [0.4, 0.5) is 11.4 Å². The van der Waals surface area contributed by atoms with Gasteiger partial charge in [-0.05, 0) is 43.2 Å². The molecule has 0 aromatic heterocycles. The lowest BCUT2D eigenvalue weighted by molar-refractivity contribution is -0.124. The molecule has 24 heavy (non-hydrogen) atoms. The molecular formula is C18H18N2O4. The van der Waals surface area contributed by atoms with E-state index in [-0.39, 0.29) is 17.6 Å². The van der Waals surface area contributed by atoms with Crippen molar-refractivity contribution in [1.82, 2.24) is 0 Å². The molecule has 1 unspecified atom stereocenters. The molecule has 3 N–H and O–H groups in total. The molecule has 0 saturated carbocycles. The van der Waals surface area contributed by atoms with Crippen molar-refractivity contribution in [3.8, 4) is 5.75 Å². The monoisotopic (exact) mass is 326 g/mol. The Morgan fingerprint density at radius 1 is 1.08 bits per heavy atom. The fourth-order valence-electron chi connectivity index (χ4n) is 2.52. The summed E-state index contributed by atoms with van der Waals surface area (Å²) in [7, 11) is 0. The van der Waals surface area contributed by atoms with E-state index in [1.165, 1.54) is 6.07 Å². The molecule has 1 aliphatic rings. The summed E-state index contributed by atoms with van der Waals surface area (Å²) in [5.41, 5.74) is 1.24. The maximum Gasteiger partial charge on any atom is 0.255 e. The largest absolute Gasteiger partial charge is 0.506 e. The molecular weight excluding hydrogens is 308 g/mol. The number of hydrogen-bond donors (Lipinski definition) is 3. The lowest BCUT2D eigenvalue weighted by Gasteiger charge is -2.12. The molecule has 0 bridgehead atoms. The molecule has 1 fully saturated rings. The molecule has 1 saturated heterocycles. The third-order valence-corrected chi connectivity index (χ3v) is 3.77. The Morgan fingerprint density at radius 3 is 2.67 bits per heavy atom. The smallest absolute Gasteiger partial charge is 0.255 e. The van der Waals surface area contributed by atoms with Crippen molar-refractivity contribution in [2.24, 2.45) is 0 Å². The van der Waals surface area contributed by atoms with E-state index in [0.29, 0.717) is 30.0 Å². The summed E-state index contributed by atoms with van der Waals surface area (Å²) in [4.78, 5) is 24.4. The van der Waals surface area contributed by atoms with Crippen LogP contribution in [0.25, 0.3) is 0 Å². The number of rotatable bonds is 4. The van der Waals surface area contributed by atoms with Crippen LogP contribution in [0.15, 0.2) is 48.5 Å². The molecule has 2 amide bonds. The van der Waals surface area contributed by atoms with Gasteiger partial charge in [-0.25, -0.2) is 0 Å². The molecule has 0 aliphatic carbocycles. The van der Waals surface area contributed by atoms with E-state index in [9.17, 15) is 14.7 Å². The maximum atomic E-state index is 12.3. The number of phenolic OH excluding ortho intramolecular Hbond substituents is 1. The Balaban J connectivity index is 1.69. The standard InChI is InChI=1S/C18H18N2O4/c21-15-8-2-1-7-14(15)20-17(22)12-5-3-6-13(11-12)19-18(23)16-9-4-10-24-16/h1-3,5-8,11,16,21H,4,9-10H2,(H,19,23)(H,20,22). The van der Waals surface area contributed by atoms with Gasteiger partial charge in [0.2, 0.25) is 0 Å². The van der Waals surface area contributed by atoms with Crippen LogP contribution in [0.5, 0.6) is 5.75 Å². The minimum absolute atomic E-state index is 0.00584. The third kappa shape index (κ3) is 3.72. The van der Waals surface area contributed by atoms with Crippen LogP contribution in [0.2, 0.25) is 0 Å². The lowest BCUT2D eigenvalue weighted by Crippen LogP contribution is -2.27. The average Bonchev–Trinajstić information content (AvgIpc) is 3.12. The van der Waals surface area contributed by atoms with E-state index in [1.54, 1.807) is 42.5 Å². The number of nitrogens with one attached hydrogen (secondary N) is 2. The van der Waals surface area contributed by atoms with E-state index >= 15 is 0 Å². The van der Waals surface area contributed by atoms with Crippen LogP contribution in [0.3, 0.4) is 0 Å². The molecule has 6 nitrogen and oxygen atoms in total. The average molecular weight is 326 g/mol. The molecule has 1 heterocycles. The molecule has 0 spiro atoms. The lowest BCUT2D eigenvalue weighted by atomic mass is 10.1. The third-order valence-electron chi connectivity index (χ3n) is 3.77. The molecule has 3 rings (SSSR count). The summed E-state index contributed by atoms with van der Waals surface area (Å²) < 4.78 is 5.34. The van der Waals surface area contributed by atoms with Crippen molar-refractivity contribution >= 4 is 23.2 Å². The highest BCUT2D eigenvalue weighted by molar-refractivity contribution is 6.06. The summed E-state index contributed by atoms with van der Waals surface area (Å²) in [6, 6.07) is 13.1. The summed E-state index contributed by atoms with van der Waals surface area (Å²) in [6.07, 6.45) is 1.16. The maximum absolute atomic E-state index is 12.3. The van der Waals surface area contributed by atoms with Crippen molar-refractivity contribution < 1.29 is 19.4 Å². The minimum Gasteiger partial charge on any atom is -0.506 e. The number of hydrogen-bond acceptors (Lipinski definition) is 4. The summed E-state index contributed by atoms with van der Waals surface area (Å²) >= 11 is 0. The predicted molar refractivity (Wildman–Crippen MR) is 90.1 cm³/mol. The van der Waals surface area contributed by atoms with Gasteiger partial charge in [0.1, 0.15) is 11.9 Å².